The topological polar surface area (TPSA) is 9.23 Å². The molecule has 0 heterocycles. The third-order valence-corrected chi connectivity index (χ3v) is 1.36. The Bertz CT molecular complexity index is 216. The first-order valence-corrected chi connectivity index (χ1v) is 4.76. The van der Waals surface area contributed by atoms with Crippen LogP contribution in [0.2, 0.25) is 0 Å². The summed E-state index contributed by atoms with van der Waals surface area (Å²) in [5.74, 6) is 0. The Balaban J connectivity index is 3.62. The van der Waals surface area contributed by atoms with Crippen molar-refractivity contribution in [2.45, 2.75) is 13.3 Å². The minimum absolute atomic E-state index is 1.08. The second kappa shape index (κ2) is 11.5. The fraction of sp³-hybridized carbons (Fsp3) is 0.231. The zero-order chi connectivity index (χ0) is 10.5. The summed E-state index contributed by atoms with van der Waals surface area (Å²) < 4.78 is 4.73. The van der Waals surface area contributed by atoms with E-state index in [2.05, 4.69) is 13.0 Å². The van der Waals surface area contributed by atoms with Gasteiger partial charge in [0.25, 0.3) is 0 Å². The van der Waals surface area contributed by atoms with Crippen LogP contribution >= 0.6 is 0 Å². The SMILES string of the molecule is CC\C=C/C=C\C=C/C=C\C=C/OC. The van der Waals surface area contributed by atoms with E-state index in [0.717, 1.165) is 6.42 Å². The molecule has 0 radical (unpaired) electrons. The Labute approximate surface area is 86.8 Å². The van der Waals surface area contributed by atoms with Crippen LogP contribution in [0.15, 0.2) is 60.9 Å². The van der Waals surface area contributed by atoms with Crippen LogP contribution in [0.25, 0.3) is 0 Å². The van der Waals surface area contributed by atoms with Gasteiger partial charge < -0.3 is 4.74 Å². The Kier molecular flexibility index (Phi) is 10.3. The van der Waals surface area contributed by atoms with Gasteiger partial charge in [0.2, 0.25) is 0 Å². The zero-order valence-corrected chi connectivity index (χ0v) is 8.89. The number of methoxy groups -OCH3 is 1. The lowest BCUT2D eigenvalue weighted by atomic mass is 10.3. The van der Waals surface area contributed by atoms with E-state index in [-0.39, 0.29) is 0 Å². The van der Waals surface area contributed by atoms with E-state index in [1.807, 2.05) is 48.6 Å². The molecule has 0 saturated carbocycles. The summed E-state index contributed by atoms with van der Waals surface area (Å²) in [4.78, 5) is 0. The average molecular weight is 190 g/mol. The molecule has 0 N–H and O–H groups in total. The Morgan fingerprint density at radius 3 is 1.79 bits per heavy atom. The van der Waals surface area contributed by atoms with Gasteiger partial charge in [-0.05, 0) is 12.5 Å². The summed E-state index contributed by atoms with van der Waals surface area (Å²) >= 11 is 0. The quantitative estimate of drug-likeness (QED) is 0.457. The van der Waals surface area contributed by atoms with Crippen LogP contribution in [0.4, 0.5) is 0 Å². The fourth-order valence-corrected chi connectivity index (χ4v) is 0.723. The van der Waals surface area contributed by atoms with E-state index in [1.54, 1.807) is 13.4 Å². The maximum Gasteiger partial charge on any atom is 0.0824 e. The minimum atomic E-state index is 1.08. The first-order chi connectivity index (χ1) is 6.91. The molecule has 1 heteroatoms. The van der Waals surface area contributed by atoms with Gasteiger partial charge in [0, 0.05) is 0 Å². The molecule has 0 atom stereocenters. The van der Waals surface area contributed by atoms with Gasteiger partial charge in [-0.2, -0.15) is 0 Å². The van der Waals surface area contributed by atoms with Gasteiger partial charge in [0.15, 0.2) is 0 Å². The lowest BCUT2D eigenvalue weighted by molar-refractivity contribution is 0.338. The highest BCUT2D eigenvalue weighted by atomic mass is 16.5. The number of hydrogen-bond acceptors (Lipinski definition) is 1. The predicted octanol–water partition coefficient (Wildman–Crippen LogP) is 3.78. The summed E-state index contributed by atoms with van der Waals surface area (Å²) in [5, 5.41) is 0. The monoisotopic (exact) mass is 190 g/mol. The number of rotatable bonds is 6. The highest BCUT2D eigenvalue weighted by molar-refractivity contribution is 5.17. The largest absolute Gasteiger partial charge is 0.504 e. The standard InChI is InChI=1S/C13H18O/c1-3-4-5-6-7-8-9-10-11-12-13-14-2/h4-13H,3H2,1-2H3/b5-4-,7-6-,9-8-,11-10-,13-12-. The molecule has 0 aliphatic rings. The molecule has 14 heavy (non-hydrogen) atoms. The highest BCUT2D eigenvalue weighted by Gasteiger charge is 1.64. The van der Waals surface area contributed by atoms with Crippen LogP contribution < -0.4 is 0 Å². The van der Waals surface area contributed by atoms with Gasteiger partial charge in [0.05, 0.1) is 13.4 Å². The third kappa shape index (κ3) is 10.5. The smallest absolute Gasteiger partial charge is 0.0824 e. The van der Waals surface area contributed by atoms with Gasteiger partial charge in [-0.15, -0.1) is 0 Å². The van der Waals surface area contributed by atoms with Gasteiger partial charge in [-0.3, -0.25) is 0 Å². The van der Waals surface area contributed by atoms with Crippen LogP contribution in [-0.2, 0) is 4.74 Å². The van der Waals surface area contributed by atoms with Gasteiger partial charge in [-0.25, -0.2) is 0 Å². The summed E-state index contributed by atoms with van der Waals surface area (Å²) in [7, 11) is 1.63. The third-order valence-electron chi connectivity index (χ3n) is 1.36. The van der Waals surface area contributed by atoms with Crippen molar-refractivity contribution in [1.29, 1.82) is 0 Å². The van der Waals surface area contributed by atoms with Crippen molar-refractivity contribution >= 4 is 0 Å². The van der Waals surface area contributed by atoms with Crippen LogP contribution in [-0.4, -0.2) is 7.11 Å². The second-order valence-corrected chi connectivity index (χ2v) is 2.56. The number of ether oxygens (including phenoxy) is 1. The van der Waals surface area contributed by atoms with Crippen LogP contribution in [0.1, 0.15) is 13.3 Å². The van der Waals surface area contributed by atoms with Crippen LogP contribution in [0.3, 0.4) is 0 Å². The summed E-state index contributed by atoms with van der Waals surface area (Å²) in [6, 6.07) is 0. The molecule has 0 amide bonds. The molecule has 1 nitrogen and oxygen atoms in total. The molecule has 0 aliphatic heterocycles. The fourth-order valence-electron chi connectivity index (χ4n) is 0.723. The van der Waals surface area contributed by atoms with Crippen LogP contribution in [0, 0.1) is 0 Å². The minimum Gasteiger partial charge on any atom is -0.504 e. The summed E-state index contributed by atoms with van der Waals surface area (Å²) in [5.41, 5.74) is 0. The van der Waals surface area contributed by atoms with Crippen molar-refractivity contribution in [1.82, 2.24) is 0 Å². The highest BCUT2D eigenvalue weighted by Crippen LogP contribution is 1.85. The first-order valence-electron chi connectivity index (χ1n) is 4.76. The molecule has 0 fully saturated rings. The maximum atomic E-state index is 4.73. The number of hydrogen-bond donors (Lipinski definition) is 0. The number of allylic oxidation sites excluding steroid dienone is 9. The Hall–Kier alpha value is -1.50. The second-order valence-electron chi connectivity index (χ2n) is 2.56. The zero-order valence-electron chi connectivity index (χ0n) is 8.89. The van der Waals surface area contributed by atoms with E-state index >= 15 is 0 Å². The normalized spacial score (nSPS) is 13.3. The molecular formula is C13H18O. The Morgan fingerprint density at radius 1 is 0.786 bits per heavy atom. The molecule has 0 aliphatic carbocycles. The lowest BCUT2D eigenvalue weighted by Crippen LogP contribution is -1.60. The Morgan fingerprint density at radius 2 is 1.29 bits per heavy atom. The lowest BCUT2D eigenvalue weighted by Gasteiger charge is -1.79. The molecule has 0 unspecified atom stereocenters. The van der Waals surface area contributed by atoms with E-state index in [1.165, 1.54) is 0 Å². The molecular weight excluding hydrogens is 172 g/mol. The van der Waals surface area contributed by atoms with Crippen molar-refractivity contribution in [3.63, 3.8) is 0 Å². The van der Waals surface area contributed by atoms with Gasteiger partial charge in [0.1, 0.15) is 0 Å². The molecule has 0 aromatic rings. The van der Waals surface area contributed by atoms with E-state index in [0.29, 0.717) is 0 Å². The summed E-state index contributed by atoms with van der Waals surface area (Å²) in [6.07, 6.45) is 20.5. The molecule has 0 aromatic heterocycles. The van der Waals surface area contributed by atoms with Crippen LogP contribution in [0.5, 0.6) is 0 Å². The molecule has 0 spiro atoms. The van der Waals surface area contributed by atoms with Crippen molar-refractivity contribution in [3.05, 3.63) is 60.9 Å². The van der Waals surface area contributed by atoms with Crippen molar-refractivity contribution < 1.29 is 4.74 Å². The van der Waals surface area contributed by atoms with E-state index < -0.39 is 0 Å². The van der Waals surface area contributed by atoms with Crippen molar-refractivity contribution in [3.8, 4) is 0 Å². The molecule has 0 bridgehead atoms. The van der Waals surface area contributed by atoms with Gasteiger partial charge >= 0.3 is 0 Å². The molecule has 76 valence electrons. The van der Waals surface area contributed by atoms with Crippen molar-refractivity contribution in [2.75, 3.05) is 7.11 Å². The summed E-state index contributed by atoms with van der Waals surface area (Å²) in [6.45, 7) is 2.12. The van der Waals surface area contributed by atoms with E-state index in [4.69, 9.17) is 4.74 Å². The predicted molar refractivity (Wildman–Crippen MR) is 63.0 cm³/mol. The maximum absolute atomic E-state index is 4.73. The average Bonchev–Trinajstić information content (AvgIpc) is 2.21. The van der Waals surface area contributed by atoms with Gasteiger partial charge in [-0.1, -0.05) is 55.5 Å². The van der Waals surface area contributed by atoms with Crippen molar-refractivity contribution in [2.24, 2.45) is 0 Å². The molecule has 0 rings (SSSR count). The molecule has 0 saturated heterocycles. The molecule has 0 aromatic carbocycles. The van der Waals surface area contributed by atoms with E-state index in [9.17, 15) is 0 Å². The first kappa shape index (κ1) is 12.5.